The summed E-state index contributed by atoms with van der Waals surface area (Å²) in [5, 5.41) is 17.8. The minimum atomic E-state index is 0.0771. The van der Waals surface area contributed by atoms with E-state index in [0.717, 1.165) is 33.9 Å². The van der Waals surface area contributed by atoms with E-state index in [9.17, 15) is 0 Å². The first-order valence-corrected chi connectivity index (χ1v) is 15.2. The molecule has 0 N–H and O–H groups in total. The van der Waals surface area contributed by atoms with Crippen LogP contribution in [0.4, 0.5) is 0 Å². The zero-order valence-corrected chi connectivity index (χ0v) is 24.1. The molecule has 4 aromatic heterocycles. The predicted octanol–water partition coefficient (Wildman–Crippen LogP) is 6.41. The Hall–Kier alpha value is -5.30. The van der Waals surface area contributed by atoms with Crippen LogP contribution in [0, 0.1) is 13.8 Å². The van der Waals surface area contributed by atoms with Gasteiger partial charge in [-0.05, 0) is 42.4 Å². The lowest BCUT2D eigenvalue weighted by Crippen LogP contribution is -2.59. The third-order valence-corrected chi connectivity index (χ3v) is 10.1. The first kappa shape index (κ1) is 22.3. The monoisotopic (exact) mass is 553 g/mol. The molecule has 0 spiro atoms. The van der Waals surface area contributed by atoms with Crippen molar-refractivity contribution in [2.45, 2.75) is 27.7 Å². The van der Waals surface area contributed by atoms with Crippen LogP contribution in [0.3, 0.4) is 0 Å². The number of aromatic nitrogens is 5. The predicted molar refractivity (Wildman–Crippen MR) is 176 cm³/mol. The summed E-state index contributed by atoms with van der Waals surface area (Å²) in [7, 11) is 0. The normalized spacial score (nSPS) is 13.7. The second-order valence-electron chi connectivity index (χ2n) is 11.9. The van der Waals surface area contributed by atoms with E-state index in [2.05, 4.69) is 100 Å². The molecule has 0 fully saturated rings. The molecule has 0 bridgehead atoms. The van der Waals surface area contributed by atoms with Crippen molar-refractivity contribution in [1.29, 1.82) is 0 Å². The SMILES string of the molecule is CC.Cc1nn2c3c(cccc13)B1c3c-2c2c4cccc5c4n4c6c(cccc6c(c3-n3nc(C)c6cccc1c63)c24)O5. The average molecular weight is 553 g/mol. The van der Waals surface area contributed by atoms with Gasteiger partial charge in [0.2, 0.25) is 0 Å². The molecule has 0 aliphatic carbocycles. The first-order chi connectivity index (χ1) is 21.2. The molecule has 0 atom stereocenters. The molecule has 202 valence electrons. The van der Waals surface area contributed by atoms with Gasteiger partial charge in [-0.25, -0.2) is 9.36 Å². The summed E-state index contributed by atoms with van der Waals surface area (Å²) in [5.74, 6) is 1.80. The molecule has 7 heterocycles. The maximum Gasteiger partial charge on any atom is 0.252 e. The first-order valence-electron chi connectivity index (χ1n) is 15.2. The zero-order chi connectivity index (χ0) is 28.5. The molecule has 0 radical (unpaired) electrons. The molecule has 43 heavy (non-hydrogen) atoms. The number of hydrogen-bond donors (Lipinski definition) is 0. The van der Waals surface area contributed by atoms with E-state index in [0.29, 0.717) is 0 Å². The van der Waals surface area contributed by atoms with Gasteiger partial charge in [0.1, 0.15) is 0 Å². The number of ether oxygens (including phenoxy) is 1. The summed E-state index contributed by atoms with van der Waals surface area (Å²) in [6.45, 7) is 8.34. The minimum absolute atomic E-state index is 0.0771. The summed E-state index contributed by atoms with van der Waals surface area (Å²) in [4.78, 5) is 0. The molecule has 12 rings (SSSR count). The Morgan fingerprint density at radius 3 is 1.53 bits per heavy atom. The van der Waals surface area contributed by atoms with Gasteiger partial charge in [0.05, 0.1) is 50.3 Å². The number of benzene rings is 5. The Morgan fingerprint density at radius 2 is 1.02 bits per heavy atom. The summed E-state index contributed by atoms with van der Waals surface area (Å²) in [6.07, 6.45) is 0. The van der Waals surface area contributed by atoms with Crippen molar-refractivity contribution in [1.82, 2.24) is 24.0 Å². The fourth-order valence-corrected chi connectivity index (χ4v) is 8.66. The number of fused-ring (bicyclic) bond motifs is 8. The van der Waals surface area contributed by atoms with Crippen molar-refractivity contribution in [2.75, 3.05) is 0 Å². The fourth-order valence-electron chi connectivity index (χ4n) is 8.66. The van der Waals surface area contributed by atoms with Crippen LogP contribution in [0.25, 0.3) is 71.3 Å². The smallest absolute Gasteiger partial charge is 0.252 e. The molecule has 0 unspecified atom stereocenters. The van der Waals surface area contributed by atoms with Crippen LogP contribution in [0.1, 0.15) is 25.2 Å². The van der Waals surface area contributed by atoms with Gasteiger partial charge >= 0.3 is 0 Å². The van der Waals surface area contributed by atoms with Crippen molar-refractivity contribution in [2.24, 2.45) is 0 Å². The third kappa shape index (κ3) is 2.17. The van der Waals surface area contributed by atoms with E-state index in [1.165, 1.54) is 76.6 Å². The van der Waals surface area contributed by atoms with Gasteiger partial charge in [0.25, 0.3) is 6.71 Å². The molecule has 7 heteroatoms. The lowest BCUT2D eigenvalue weighted by molar-refractivity contribution is 0.486. The van der Waals surface area contributed by atoms with Crippen LogP contribution < -0.4 is 21.1 Å². The molecule has 9 aromatic rings. The van der Waals surface area contributed by atoms with Crippen LogP contribution in [0.2, 0.25) is 0 Å². The molecule has 0 amide bonds. The molecular formula is C36H24BN5O. The van der Waals surface area contributed by atoms with Crippen LogP contribution in [0.15, 0.2) is 72.8 Å². The molecule has 0 saturated heterocycles. The van der Waals surface area contributed by atoms with E-state index in [1.807, 2.05) is 13.8 Å². The Balaban J connectivity index is 0.00000115. The van der Waals surface area contributed by atoms with Crippen molar-refractivity contribution in [3.8, 4) is 22.9 Å². The highest BCUT2D eigenvalue weighted by molar-refractivity contribution is 7.00. The largest absolute Gasteiger partial charge is 0.453 e. The maximum absolute atomic E-state index is 6.57. The highest BCUT2D eigenvalue weighted by atomic mass is 16.5. The van der Waals surface area contributed by atoms with E-state index < -0.39 is 0 Å². The van der Waals surface area contributed by atoms with E-state index in [1.54, 1.807) is 0 Å². The third-order valence-electron chi connectivity index (χ3n) is 10.1. The van der Waals surface area contributed by atoms with Crippen LogP contribution in [-0.2, 0) is 0 Å². The Kier molecular flexibility index (Phi) is 3.64. The second-order valence-corrected chi connectivity index (χ2v) is 11.9. The number of rotatable bonds is 0. The van der Waals surface area contributed by atoms with E-state index >= 15 is 0 Å². The van der Waals surface area contributed by atoms with Gasteiger partial charge in [0, 0.05) is 32.3 Å². The van der Waals surface area contributed by atoms with Gasteiger partial charge in [-0.1, -0.05) is 74.5 Å². The van der Waals surface area contributed by atoms with Gasteiger partial charge in [-0.3, -0.25) is 0 Å². The van der Waals surface area contributed by atoms with Crippen molar-refractivity contribution < 1.29 is 4.74 Å². The lowest BCUT2D eigenvalue weighted by atomic mass is 9.34. The van der Waals surface area contributed by atoms with Crippen LogP contribution >= 0.6 is 0 Å². The minimum Gasteiger partial charge on any atom is -0.453 e. The van der Waals surface area contributed by atoms with Crippen molar-refractivity contribution in [3.05, 3.63) is 84.2 Å². The lowest BCUT2D eigenvalue weighted by Gasteiger charge is -2.32. The number of nitrogens with zero attached hydrogens (tertiary/aromatic N) is 5. The number of hydrogen-bond acceptors (Lipinski definition) is 3. The van der Waals surface area contributed by atoms with Crippen molar-refractivity contribution in [3.63, 3.8) is 0 Å². The van der Waals surface area contributed by atoms with Gasteiger partial charge in [-0.15, -0.1) is 0 Å². The molecule has 6 nitrogen and oxygen atoms in total. The standard InChI is InChI=1S/C34H18BN5O.C2H6/c1-15-17-7-3-11-21-28(17)39(36-15)33-25-19-9-5-13-23-30(19)38-31-20(10-6-14-24(31)41-23)26(32(25)38)34-27(33)35(21)22-12-4-8-18-16(2)37-40(34)29(18)22;1-2/h3-14H,1-2H3;1-2H3. The molecule has 3 aliphatic heterocycles. The number of para-hydroxylation sites is 4. The Morgan fingerprint density at radius 1 is 0.558 bits per heavy atom. The van der Waals surface area contributed by atoms with Crippen LogP contribution in [-0.4, -0.2) is 30.7 Å². The summed E-state index contributed by atoms with van der Waals surface area (Å²) < 4.78 is 13.5. The van der Waals surface area contributed by atoms with E-state index in [4.69, 9.17) is 14.9 Å². The molecular weight excluding hydrogens is 529 g/mol. The molecule has 3 aliphatic rings. The summed E-state index contributed by atoms with van der Waals surface area (Å²) in [6, 6.07) is 26.4. The second kappa shape index (κ2) is 7.01. The van der Waals surface area contributed by atoms with Crippen molar-refractivity contribution >= 4 is 83.0 Å². The Bertz CT molecular complexity index is 2580. The van der Waals surface area contributed by atoms with Crippen LogP contribution in [0.5, 0.6) is 11.5 Å². The Labute approximate surface area is 246 Å². The molecule has 0 saturated carbocycles. The maximum atomic E-state index is 6.57. The highest BCUT2D eigenvalue weighted by Gasteiger charge is 2.44. The van der Waals surface area contributed by atoms with Gasteiger partial charge in [0.15, 0.2) is 11.5 Å². The fraction of sp³-hybridized carbons (Fsp3) is 0.111. The summed E-state index contributed by atoms with van der Waals surface area (Å²) >= 11 is 0. The average Bonchev–Trinajstić information content (AvgIpc) is 3.77. The molecule has 5 aromatic carbocycles. The van der Waals surface area contributed by atoms with Gasteiger partial charge < -0.3 is 9.14 Å². The summed E-state index contributed by atoms with van der Waals surface area (Å²) in [5.41, 5.74) is 14.3. The van der Waals surface area contributed by atoms with E-state index in [-0.39, 0.29) is 6.71 Å². The quantitative estimate of drug-likeness (QED) is 0.204. The zero-order valence-electron chi connectivity index (χ0n) is 24.1. The highest BCUT2D eigenvalue weighted by Crippen LogP contribution is 2.52. The van der Waals surface area contributed by atoms with Gasteiger partial charge in [-0.2, -0.15) is 10.2 Å². The topological polar surface area (TPSA) is 49.3 Å². The number of aryl methyl sites for hydroxylation is 2.